The SMILES string of the molecule is CC.Cc1ccc2c(-c3ccc4cc(C5CC5)ccc4c3)c3ccccc3c(-c3ccc(-n4c5ccccc5c5ccccc54)cc3)c2c1. The van der Waals surface area contributed by atoms with Gasteiger partial charge in [-0.2, -0.15) is 0 Å². The van der Waals surface area contributed by atoms with Gasteiger partial charge in [-0.25, -0.2) is 0 Å². The summed E-state index contributed by atoms with van der Waals surface area (Å²) in [5, 5.41) is 10.4. The molecule has 0 amide bonds. The summed E-state index contributed by atoms with van der Waals surface area (Å²) in [6.07, 6.45) is 2.66. The van der Waals surface area contributed by atoms with Gasteiger partial charge in [0.25, 0.3) is 0 Å². The normalized spacial score (nSPS) is 13.0. The molecule has 0 radical (unpaired) electrons. The standard InChI is InChI=1S/C46H33N.C2H6/c1-29-14-25-41-42(26-29)45(31-21-23-36(24-22-31)47-43-12-6-4-8-37(43)38-9-5-7-13-44(38)47)39-10-2-3-11-40(39)46(41)35-20-19-33-27-32(30-15-16-30)17-18-34(33)28-35;1-2/h2-14,17-28,30H,15-16H2,1H3;1-2H3. The minimum atomic E-state index is 0.763. The van der Waals surface area contributed by atoms with E-state index in [4.69, 9.17) is 0 Å². The summed E-state index contributed by atoms with van der Waals surface area (Å²) < 4.78 is 2.39. The molecule has 1 aromatic heterocycles. The molecule has 0 aliphatic heterocycles. The fraction of sp³-hybridized carbons (Fsp3) is 0.125. The van der Waals surface area contributed by atoms with E-state index < -0.39 is 0 Å². The highest BCUT2D eigenvalue weighted by Crippen LogP contribution is 2.45. The molecule has 0 spiro atoms. The average Bonchev–Trinajstić information content (AvgIpc) is 3.96. The maximum atomic E-state index is 2.41. The van der Waals surface area contributed by atoms with Crippen LogP contribution in [0.1, 0.15) is 43.7 Å². The van der Waals surface area contributed by atoms with E-state index in [2.05, 4.69) is 163 Å². The first-order valence-electron chi connectivity index (χ1n) is 17.8. The number of hydrogen-bond acceptors (Lipinski definition) is 0. The highest BCUT2D eigenvalue weighted by atomic mass is 15.0. The van der Waals surface area contributed by atoms with E-state index in [0.29, 0.717) is 0 Å². The molecule has 0 unspecified atom stereocenters. The third-order valence-corrected chi connectivity index (χ3v) is 10.4. The number of benzene rings is 8. The van der Waals surface area contributed by atoms with Crippen LogP contribution in [0.3, 0.4) is 0 Å². The molecule has 1 aliphatic carbocycles. The van der Waals surface area contributed by atoms with Crippen LogP contribution in [-0.4, -0.2) is 4.57 Å². The Kier molecular flexibility index (Phi) is 7.09. The molecule has 49 heavy (non-hydrogen) atoms. The van der Waals surface area contributed by atoms with Gasteiger partial charge >= 0.3 is 0 Å². The highest BCUT2D eigenvalue weighted by Gasteiger charge is 2.23. The predicted molar refractivity (Wildman–Crippen MR) is 212 cm³/mol. The Hall–Kier alpha value is -5.66. The van der Waals surface area contributed by atoms with Crippen LogP contribution >= 0.6 is 0 Å². The summed E-state index contributed by atoms with van der Waals surface area (Å²) in [7, 11) is 0. The number of nitrogens with zero attached hydrogens (tertiary/aromatic N) is 1. The second-order valence-electron chi connectivity index (χ2n) is 13.4. The first-order chi connectivity index (χ1) is 24.2. The second-order valence-corrected chi connectivity index (χ2v) is 13.4. The number of rotatable bonds is 4. The fourth-order valence-corrected chi connectivity index (χ4v) is 7.98. The van der Waals surface area contributed by atoms with Crippen molar-refractivity contribution >= 4 is 54.1 Å². The maximum Gasteiger partial charge on any atom is 0.0541 e. The molecule has 10 rings (SSSR count). The van der Waals surface area contributed by atoms with E-state index in [-0.39, 0.29) is 0 Å². The van der Waals surface area contributed by atoms with Crippen molar-refractivity contribution in [3.05, 3.63) is 163 Å². The van der Waals surface area contributed by atoms with Crippen molar-refractivity contribution in [2.24, 2.45) is 0 Å². The second kappa shape index (κ2) is 11.8. The maximum absolute atomic E-state index is 2.41. The van der Waals surface area contributed by atoms with Crippen molar-refractivity contribution < 1.29 is 0 Å². The van der Waals surface area contributed by atoms with Gasteiger partial charge in [0.15, 0.2) is 0 Å². The van der Waals surface area contributed by atoms with E-state index in [1.54, 1.807) is 0 Å². The van der Waals surface area contributed by atoms with Crippen molar-refractivity contribution in [1.82, 2.24) is 4.57 Å². The van der Waals surface area contributed by atoms with Crippen LogP contribution in [-0.2, 0) is 0 Å². The highest BCUT2D eigenvalue weighted by molar-refractivity contribution is 6.22. The molecule has 0 N–H and O–H groups in total. The van der Waals surface area contributed by atoms with Crippen molar-refractivity contribution in [3.63, 3.8) is 0 Å². The zero-order valence-corrected chi connectivity index (χ0v) is 28.4. The van der Waals surface area contributed by atoms with Crippen molar-refractivity contribution in [1.29, 1.82) is 0 Å². The average molecular weight is 630 g/mol. The number of aryl methyl sites for hydroxylation is 1. The number of hydrogen-bond donors (Lipinski definition) is 0. The zero-order valence-electron chi connectivity index (χ0n) is 28.4. The molecule has 236 valence electrons. The van der Waals surface area contributed by atoms with Crippen molar-refractivity contribution in [3.8, 4) is 27.9 Å². The van der Waals surface area contributed by atoms with Crippen LogP contribution in [0.5, 0.6) is 0 Å². The molecule has 9 aromatic rings. The Balaban J connectivity index is 0.00000160. The number of fused-ring (bicyclic) bond motifs is 6. The Bertz CT molecular complexity index is 2630. The lowest BCUT2D eigenvalue weighted by Crippen LogP contribution is -1.95. The Morgan fingerprint density at radius 3 is 1.63 bits per heavy atom. The van der Waals surface area contributed by atoms with Crippen LogP contribution in [0.15, 0.2) is 152 Å². The van der Waals surface area contributed by atoms with Crippen molar-refractivity contribution in [2.75, 3.05) is 0 Å². The molecule has 0 bridgehead atoms. The van der Waals surface area contributed by atoms with Crippen LogP contribution in [0.25, 0.3) is 82.1 Å². The first-order valence-corrected chi connectivity index (χ1v) is 17.8. The summed E-state index contributed by atoms with van der Waals surface area (Å²) in [5.41, 5.74) is 11.5. The summed E-state index contributed by atoms with van der Waals surface area (Å²) in [5.74, 6) is 0.763. The summed E-state index contributed by atoms with van der Waals surface area (Å²) >= 11 is 0. The van der Waals surface area contributed by atoms with Gasteiger partial charge in [-0.3, -0.25) is 0 Å². The Labute approximate surface area is 288 Å². The van der Waals surface area contributed by atoms with Crippen LogP contribution in [0.2, 0.25) is 0 Å². The van der Waals surface area contributed by atoms with Gasteiger partial charge in [-0.15, -0.1) is 0 Å². The smallest absolute Gasteiger partial charge is 0.0541 e. The lowest BCUT2D eigenvalue weighted by atomic mass is 9.85. The van der Waals surface area contributed by atoms with E-state index >= 15 is 0 Å². The van der Waals surface area contributed by atoms with Gasteiger partial charge in [-0.1, -0.05) is 141 Å². The van der Waals surface area contributed by atoms with E-state index in [9.17, 15) is 0 Å². The van der Waals surface area contributed by atoms with Gasteiger partial charge in [-0.05, 0) is 116 Å². The Morgan fingerprint density at radius 2 is 0.980 bits per heavy atom. The zero-order chi connectivity index (χ0) is 33.1. The molecule has 8 aromatic carbocycles. The predicted octanol–water partition coefficient (Wildman–Crippen LogP) is 13.8. The summed E-state index contributed by atoms with van der Waals surface area (Å²) in [6.45, 7) is 6.21. The van der Waals surface area contributed by atoms with Gasteiger partial charge in [0.2, 0.25) is 0 Å². The van der Waals surface area contributed by atoms with Gasteiger partial charge < -0.3 is 4.57 Å². The molecule has 1 heteroatoms. The summed E-state index contributed by atoms with van der Waals surface area (Å²) in [4.78, 5) is 0. The molecule has 1 heterocycles. The van der Waals surface area contributed by atoms with Crippen LogP contribution in [0.4, 0.5) is 0 Å². The molecule has 0 saturated heterocycles. The lowest BCUT2D eigenvalue weighted by Gasteiger charge is -2.19. The molecular formula is C48H39N. The summed E-state index contributed by atoms with van der Waals surface area (Å²) in [6, 6.07) is 56.7. The van der Waals surface area contributed by atoms with Crippen LogP contribution in [0, 0.1) is 6.92 Å². The molecule has 1 saturated carbocycles. The third kappa shape index (κ3) is 4.84. The number of para-hydroxylation sites is 2. The van der Waals surface area contributed by atoms with Crippen molar-refractivity contribution in [2.45, 2.75) is 39.5 Å². The van der Waals surface area contributed by atoms with Gasteiger partial charge in [0.05, 0.1) is 11.0 Å². The molecule has 1 aliphatic rings. The van der Waals surface area contributed by atoms with E-state index in [1.807, 2.05) is 13.8 Å². The number of aromatic nitrogens is 1. The Morgan fingerprint density at radius 1 is 0.449 bits per heavy atom. The molecule has 0 atom stereocenters. The van der Waals surface area contributed by atoms with E-state index in [1.165, 1.54) is 106 Å². The van der Waals surface area contributed by atoms with E-state index in [0.717, 1.165) is 5.92 Å². The topological polar surface area (TPSA) is 4.93 Å². The minimum absolute atomic E-state index is 0.763. The monoisotopic (exact) mass is 629 g/mol. The quantitative estimate of drug-likeness (QED) is 0.171. The molecule has 1 fully saturated rings. The van der Waals surface area contributed by atoms with Crippen LogP contribution < -0.4 is 0 Å². The largest absolute Gasteiger partial charge is 0.309 e. The first kappa shape index (κ1) is 29.5. The lowest BCUT2D eigenvalue weighted by molar-refractivity contribution is 1.14. The third-order valence-electron chi connectivity index (χ3n) is 10.4. The van der Waals surface area contributed by atoms with Gasteiger partial charge in [0, 0.05) is 16.5 Å². The van der Waals surface area contributed by atoms with Gasteiger partial charge in [0.1, 0.15) is 0 Å². The molecule has 1 nitrogen and oxygen atoms in total. The molecular weight excluding hydrogens is 591 g/mol. The minimum Gasteiger partial charge on any atom is -0.309 e. The fourth-order valence-electron chi connectivity index (χ4n) is 7.98.